The van der Waals surface area contributed by atoms with Gasteiger partial charge in [0.05, 0.1) is 41.5 Å². The third kappa shape index (κ3) is 39.1. The number of morpholine rings is 1. The average Bonchev–Trinajstić information content (AvgIpc) is 0.862. The molecule has 0 unspecified atom stereocenters. The van der Waals surface area contributed by atoms with E-state index in [9.17, 15) is 51.1 Å². The summed E-state index contributed by atoms with van der Waals surface area (Å²) >= 11 is 6.01. The van der Waals surface area contributed by atoms with E-state index >= 15 is 0 Å². The van der Waals surface area contributed by atoms with Gasteiger partial charge in [0.1, 0.15) is 29.0 Å². The molecule has 21 heteroatoms. The quantitative estimate of drug-likeness (QED) is 0.0309. The van der Waals surface area contributed by atoms with Gasteiger partial charge in [0, 0.05) is 125 Å². The van der Waals surface area contributed by atoms with Crippen molar-refractivity contribution >= 4 is 52.1 Å². The third-order valence-corrected chi connectivity index (χ3v) is 24.6. The van der Waals surface area contributed by atoms with Crippen molar-refractivity contribution in [2.45, 2.75) is 208 Å². The number of piperidine rings is 6. The highest BCUT2D eigenvalue weighted by Gasteiger charge is 2.32. The van der Waals surface area contributed by atoms with Crippen LogP contribution in [0.5, 0.6) is 5.75 Å². The van der Waals surface area contributed by atoms with E-state index in [1.807, 2.05) is 116 Å². The number of nitrogens with zero attached hydrogens (tertiary/aromatic N) is 7. The van der Waals surface area contributed by atoms with E-state index in [0.29, 0.717) is 67.3 Å². The van der Waals surface area contributed by atoms with E-state index < -0.39 is 34.6 Å². The lowest BCUT2D eigenvalue weighted by Gasteiger charge is -2.34. The molecule has 0 N–H and O–H groups in total. The first kappa shape index (κ1) is 106. The van der Waals surface area contributed by atoms with Crippen LogP contribution in [0, 0.1) is 28.7 Å². The maximum atomic E-state index is 13.4. The van der Waals surface area contributed by atoms with Crippen LogP contribution in [-0.2, 0) is 10.2 Å². The Morgan fingerprint density at radius 3 is 1.11 bits per heavy atom. The van der Waals surface area contributed by atoms with Crippen molar-refractivity contribution in [2.75, 3.05) is 157 Å². The highest BCUT2D eigenvalue weighted by Crippen LogP contribution is 2.28. The van der Waals surface area contributed by atoms with Gasteiger partial charge in [0.25, 0.3) is 0 Å². The molecule has 694 valence electrons. The van der Waals surface area contributed by atoms with Gasteiger partial charge in [-0.15, -0.1) is 0 Å². The van der Waals surface area contributed by atoms with Gasteiger partial charge < -0.3 is 38.9 Å². The van der Waals surface area contributed by atoms with Crippen molar-refractivity contribution < 1.29 is 60.6 Å². The Labute approximate surface area is 762 Å². The zero-order chi connectivity index (χ0) is 90.3. The number of Topliss-reactive ketones (excluding diaryl/α,β-unsaturated/α-hetero) is 7. The number of ether oxygens (including phenoxy) is 2. The summed E-state index contributed by atoms with van der Waals surface area (Å²) in [5.41, 5.74) is 4.50. The molecule has 0 spiro atoms. The van der Waals surface area contributed by atoms with Gasteiger partial charge in [-0.1, -0.05) is 207 Å². The van der Waals surface area contributed by atoms with E-state index in [1.54, 1.807) is 12.1 Å². The molecule has 7 aromatic rings. The van der Waals surface area contributed by atoms with Crippen molar-refractivity contribution in [3.05, 3.63) is 243 Å². The average molecular weight is 1770 g/mol. The Bertz CT molecular complexity index is 4360. The van der Waals surface area contributed by atoms with Gasteiger partial charge in [-0.3, -0.25) is 38.5 Å². The fourth-order valence-electron chi connectivity index (χ4n) is 16.8. The van der Waals surface area contributed by atoms with Crippen LogP contribution in [0.1, 0.15) is 281 Å². The lowest BCUT2D eigenvalue weighted by atomic mass is 9.83. The normalized spacial score (nSPS) is 16.8. The number of likely N-dealkylation sites (tertiary alicyclic amines) is 6. The second kappa shape index (κ2) is 58.4. The van der Waals surface area contributed by atoms with Crippen molar-refractivity contribution in [3.63, 3.8) is 0 Å². The van der Waals surface area contributed by atoms with Crippen LogP contribution in [0.25, 0.3) is 0 Å². The Balaban J connectivity index is 0.000000203. The van der Waals surface area contributed by atoms with Crippen LogP contribution in [0.2, 0.25) is 5.02 Å². The predicted molar refractivity (Wildman–Crippen MR) is 507 cm³/mol. The molecule has 0 saturated carbocycles. The summed E-state index contributed by atoms with van der Waals surface area (Å²) < 4.78 is 63.9. The first-order valence-corrected chi connectivity index (χ1v) is 47.2. The van der Waals surface area contributed by atoms with Crippen LogP contribution >= 0.6 is 11.6 Å². The van der Waals surface area contributed by atoms with Gasteiger partial charge >= 0.3 is 0 Å². The summed E-state index contributed by atoms with van der Waals surface area (Å²) in [5.74, 6) is -1.71. The zero-order valence-corrected chi connectivity index (χ0v) is 77.1. The predicted octanol–water partition coefficient (Wildman–Crippen LogP) is 22.2. The van der Waals surface area contributed by atoms with Crippen LogP contribution in [-0.4, -0.2) is 232 Å². The molecule has 127 heavy (non-hydrogen) atoms. The number of rotatable bonds is 30. The van der Waals surface area contributed by atoms with E-state index in [4.69, 9.17) is 21.1 Å². The Morgan fingerprint density at radius 2 is 0.693 bits per heavy atom. The van der Waals surface area contributed by atoms with E-state index in [0.717, 1.165) is 197 Å². The van der Waals surface area contributed by atoms with Crippen molar-refractivity contribution in [3.8, 4) is 5.75 Å². The first-order valence-electron chi connectivity index (χ1n) is 46.8. The molecule has 0 radical (unpaired) electrons. The lowest BCUT2D eigenvalue weighted by molar-refractivity contribution is 0.0370. The molecular weight excluding hydrogens is 1630 g/mol. The second-order valence-corrected chi connectivity index (χ2v) is 36.2. The molecule has 16 nitrogen and oxygen atoms in total. The molecule has 7 saturated heterocycles. The number of carbonyl (C=O) groups excluding carboxylic acids is 7. The molecule has 7 aromatic carbocycles. The van der Waals surface area contributed by atoms with Crippen molar-refractivity contribution in [1.82, 2.24) is 34.3 Å². The van der Waals surface area contributed by atoms with Gasteiger partial charge in [-0.2, -0.15) is 0 Å². The SMILES string of the molecule is C.CC(C)(C)c1ccc(C(=O)CCN2CCCCC2)cc1.CC(C)(CN1CCCCC1)C(=O)c1ccccc1.CCOc1ccccc1C(=O)CCN1CCOCC1.O=C(CCN1CCCCC1)c1c(F)cccc1F.O=C(CCN1CCCCC1)c1cc(F)ccc1F.O=C(CCN1CCCCC1)c1ccccc1.O=C(CCN1CCCCC1)c1ccccc1Cl. The van der Waals surface area contributed by atoms with Gasteiger partial charge in [-0.25, -0.2) is 17.6 Å². The number of ketones is 7. The maximum absolute atomic E-state index is 13.4. The van der Waals surface area contributed by atoms with Gasteiger partial charge in [-0.05, 0) is 228 Å². The highest BCUT2D eigenvalue weighted by molar-refractivity contribution is 6.34. The van der Waals surface area contributed by atoms with Gasteiger partial charge in [0.15, 0.2) is 40.5 Å². The molecule has 7 fully saturated rings. The van der Waals surface area contributed by atoms with Crippen LogP contribution in [0.3, 0.4) is 0 Å². The minimum atomic E-state index is -0.765. The monoisotopic (exact) mass is 1770 g/mol. The van der Waals surface area contributed by atoms with Crippen LogP contribution in [0.15, 0.2) is 170 Å². The smallest absolute Gasteiger partial charge is 0.170 e. The molecule has 7 aliphatic heterocycles. The molecular formula is C106H146ClF4N7O9. The second-order valence-electron chi connectivity index (χ2n) is 35.7. The molecule has 0 amide bonds. The molecule has 7 heterocycles. The summed E-state index contributed by atoms with van der Waals surface area (Å²) in [6.45, 7) is 35.4. The van der Waals surface area contributed by atoms with E-state index in [-0.39, 0.29) is 71.4 Å². The molecule has 7 aliphatic rings. The maximum Gasteiger partial charge on any atom is 0.170 e. The minimum absolute atomic E-state index is 0. The number of para-hydroxylation sites is 1. The Hall–Kier alpha value is -8.28. The molecule has 0 aliphatic carbocycles. The molecule has 14 rings (SSSR count). The molecule has 0 bridgehead atoms. The number of halogens is 5. The van der Waals surface area contributed by atoms with Crippen LogP contribution < -0.4 is 4.74 Å². The number of hydrogen-bond donors (Lipinski definition) is 0. The van der Waals surface area contributed by atoms with Crippen molar-refractivity contribution in [2.24, 2.45) is 5.41 Å². The highest BCUT2D eigenvalue weighted by atomic mass is 35.5. The topological polar surface area (TPSA) is 161 Å². The number of hydrogen-bond acceptors (Lipinski definition) is 16. The standard InChI is InChI=1S/C18H27NO.C16H23NO.C15H21NO3.C14H18ClNO.2C14H17F2NO.C14H19NO.CH4/c1-18(2,3)16-9-7-15(8-10-16)17(20)11-14-19-12-5-4-6-13-19;1-16(2,13-17-11-7-4-8-12-17)15(18)14-9-5-3-6-10-14;1-2-19-15-6-4-3-5-13(15)14(17)7-8-16-9-11-18-12-10-16;15-13-7-3-2-6-12(13)14(17)8-11-16-9-4-1-5-10-16;15-11-4-5-13(16)12(10-11)14(18)6-9-17-7-2-1-3-8-17;15-11-5-4-6-12(16)14(11)13(18)7-10-17-8-2-1-3-9-17;16-14(13-7-3-1-4-8-13)9-12-15-10-5-2-6-11-15;/h7-10H,4-6,11-14H2,1-3H3;3,5-6,9-10H,4,7-8,11-13H2,1-2H3;3-6H,2,7-12H2,1H3;2-3,6-7H,1,4-5,8-11H2;4-5,10H,1-3,6-9H2;4-6H,1-3,7-10H2;1,3-4,7-8H,2,5-6,9-12H2;1H4. The first-order chi connectivity index (χ1) is 60.8. The Morgan fingerprint density at radius 1 is 0.346 bits per heavy atom. The lowest BCUT2D eigenvalue weighted by Crippen LogP contribution is -2.41. The fraction of sp³-hybridized carbons (Fsp3) is 0.538. The number of carbonyl (C=O) groups is 7. The summed E-state index contributed by atoms with van der Waals surface area (Å²) in [4.78, 5) is 101. The number of benzene rings is 7. The minimum Gasteiger partial charge on any atom is -0.493 e. The summed E-state index contributed by atoms with van der Waals surface area (Å²) in [5, 5.41) is 0.566. The van der Waals surface area contributed by atoms with E-state index in [1.165, 1.54) is 115 Å². The van der Waals surface area contributed by atoms with E-state index in [2.05, 4.69) is 81.1 Å². The fourth-order valence-corrected chi connectivity index (χ4v) is 17.0. The molecule has 0 atom stereocenters. The largest absolute Gasteiger partial charge is 0.493 e. The van der Waals surface area contributed by atoms with Crippen LogP contribution in [0.4, 0.5) is 17.6 Å². The zero-order valence-electron chi connectivity index (χ0n) is 76.3. The van der Waals surface area contributed by atoms with Gasteiger partial charge in [0.2, 0.25) is 0 Å². The summed E-state index contributed by atoms with van der Waals surface area (Å²) in [7, 11) is 0. The Kier molecular flexibility index (Phi) is 48.6. The summed E-state index contributed by atoms with van der Waals surface area (Å²) in [6, 6.07) is 48.7. The summed E-state index contributed by atoms with van der Waals surface area (Å²) in [6.07, 6.45) is 25.5. The van der Waals surface area contributed by atoms with Crippen molar-refractivity contribution in [1.29, 1.82) is 0 Å². The molecule has 0 aromatic heterocycles. The third-order valence-electron chi connectivity index (χ3n) is 24.3.